The molecule has 0 saturated heterocycles. The molecule has 13 nitrogen and oxygen atoms in total. The van der Waals surface area contributed by atoms with Crippen LogP contribution in [0.25, 0.3) is 134 Å². The molecule has 0 aliphatic heterocycles. The predicted octanol–water partition coefficient (Wildman–Crippen LogP) is 22.0. The third-order valence-corrected chi connectivity index (χ3v) is 22.8. The van der Waals surface area contributed by atoms with E-state index in [1.807, 2.05) is 18.2 Å². The maximum Gasteiger partial charge on any atom is 0.295 e. The van der Waals surface area contributed by atoms with E-state index >= 15 is 0 Å². The number of furan rings is 2. The van der Waals surface area contributed by atoms with Gasteiger partial charge in [-0.05, 0) is 147 Å². The molecule has 10 aromatic carbocycles. The fourth-order valence-corrected chi connectivity index (χ4v) is 16.8. The number of aryl methyl sites for hydroxylation is 13. The molecule has 0 bridgehead atoms. The Morgan fingerprint density at radius 3 is 1.24 bits per heavy atom. The molecular formula is C101H110N11O2+5. The van der Waals surface area contributed by atoms with Crippen molar-refractivity contribution in [1.29, 1.82) is 0 Å². The fraction of sp³-hybridized carbons (Fsp3) is 0.248. The number of nitrogens with zero attached hydrogens (tertiary/aromatic N) is 11. The molecule has 0 radical (unpaired) electrons. The van der Waals surface area contributed by atoms with Crippen molar-refractivity contribution in [2.45, 2.75) is 114 Å². The van der Waals surface area contributed by atoms with E-state index in [2.05, 4.69) is 434 Å². The number of para-hydroxylation sites is 7. The van der Waals surface area contributed by atoms with E-state index < -0.39 is 0 Å². The third kappa shape index (κ3) is 14.6. The minimum absolute atomic E-state index is 0.444. The Labute approximate surface area is 671 Å². The number of pyridine rings is 1. The van der Waals surface area contributed by atoms with Gasteiger partial charge in [-0.1, -0.05) is 213 Å². The Bertz CT molecular complexity index is 6280. The van der Waals surface area contributed by atoms with E-state index in [-0.39, 0.29) is 0 Å². The van der Waals surface area contributed by atoms with Crippen molar-refractivity contribution in [2.24, 2.45) is 56.4 Å². The molecule has 18 aromatic rings. The molecule has 0 fully saturated rings. The highest BCUT2D eigenvalue weighted by atomic mass is 16.3. The summed E-state index contributed by atoms with van der Waals surface area (Å²) in [7, 11) is 16.8. The lowest BCUT2D eigenvalue weighted by molar-refractivity contribution is -0.659. The summed E-state index contributed by atoms with van der Waals surface area (Å²) in [6.45, 7) is 29.1. The Kier molecular flexibility index (Phi) is 22.4. The standard InChI is InChI=1S/C27H31N2.C23H29N2.C18H17N2O.C17H16N3O.C16H17N2/c1-18(2)21-14-11-15-22(19(3)4)26(21)29-25-17-10-9-16-24(25)28(6)27(29)23-13-8-7-12-20(23)5;1-16(2)19-12-9-13-20(17(3)4)22(19)25-15-14-24(6)23(25)21-11-8-7-10-18(21)5;1-12-8-9-14-13-6-4-5-7-15(13)21-17(14)16(12)18-19(2)10-11-20(18)3;1-11-6-7-12-13-5-4-8-18-16(13)21-15(12)14(11)17-19(2)9-10-20(17)3;1-12-8-4-5-9-13(12)16-17(2)14-10-6-7-11-15(14)18(16)3/h7-19H,1-6H3;7-17H,1-6H3;4-11H,1-3H3;4-10H,1-3H3;4-11H,1-3H3/q5*+1. The minimum Gasteiger partial charge on any atom is -0.455 e. The SMILES string of the molecule is Cc1ccc2c(oc3ccccc32)c1-c1n(C)cc[n+]1C.Cc1ccc2c(oc3ncccc32)c1-c1n(C)cc[n+]1C.Cc1ccccc1-c1n(-c2c(C(C)C)cccc2C(C)C)c2ccccc2[n+]1C.Cc1ccccc1-c1n(-c2c(C(C)C)cccc2C(C)C)cc[n+]1C.Cc1ccccc1-c1n(C)c2ccccc2[n+]1C. The van der Waals surface area contributed by atoms with Crippen molar-refractivity contribution in [1.82, 2.24) is 27.8 Å². The summed E-state index contributed by atoms with van der Waals surface area (Å²) in [6.07, 6.45) is 14.4. The second kappa shape index (κ2) is 32.7. The fourth-order valence-electron chi connectivity index (χ4n) is 16.8. The summed E-state index contributed by atoms with van der Waals surface area (Å²) in [6, 6.07) is 77.5. The van der Waals surface area contributed by atoms with Gasteiger partial charge in [-0.25, -0.2) is 41.5 Å². The van der Waals surface area contributed by atoms with Gasteiger partial charge < -0.3 is 8.83 Å². The van der Waals surface area contributed by atoms with Gasteiger partial charge in [0.1, 0.15) is 65.3 Å². The third-order valence-electron chi connectivity index (χ3n) is 22.8. The van der Waals surface area contributed by atoms with Crippen LogP contribution in [0.3, 0.4) is 0 Å². The topological polar surface area (TPSA) is 83.2 Å². The van der Waals surface area contributed by atoms with E-state index in [9.17, 15) is 0 Å². The molecule has 0 atom stereocenters. The van der Waals surface area contributed by atoms with Crippen LogP contribution in [0.5, 0.6) is 0 Å². The summed E-state index contributed by atoms with van der Waals surface area (Å²) in [5.41, 5.74) is 29.2. The molecular weight excluding hydrogens is 1400 g/mol. The number of hydrogen-bond acceptors (Lipinski definition) is 3. The van der Waals surface area contributed by atoms with Crippen molar-refractivity contribution in [3.05, 3.63) is 312 Å². The zero-order valence-electron chi connectivity index (χ0n) is 70.4. The van der Waals surface area contributed by atoms with E-state index in [0.717, 1.165) is 44.7 Å². The molecule has 576 valence electrons. The first-order chi connectivity index (χ1) is 54.9. The van der Waals surface area contributed by atoms with Crippen molar-refractivity contribution in [3.8, 4) is 68.3 Å². The molecule has 0 aliphatic carbocycles. The molecule has 114 heavy (non-hydrogen) atoms. The second-order valence-electron chi connectivity index (χ2n) is 31.9. The second-order valence-corrected chi connectivity index (χ2v) is 31.9. The number of benzene rings is 10. The first kappa shape index (κ1) is 78.2. The van der Waals surface area contributed by atoms with Gasteiger partial charge in [0.05, 0.1) is 73.1 Å². The van der Waals surface area contributed by atoms with Crippen LogP contribution in [-0.2, 0) is 56.4 Å². The number of hydrogen-bond donors (Lipinski definition) is 0. The van der Waals surface area contributed by atoms with E-state index in [1.54, 1.807) is 6.20 Å². The molecule has 8 heterocycles. The number of fused-ring (bicyclic) bond motifs is 8. The zero-order valence-corrected chi connectivity index (χ0v) is 70.4. The lowest BCUT2D eigenvalue weighted by atomic mass is 9.92. The molecule has 0 amide bonds. The van der Waals surface area contributed by atoms with Gasteiger partial charge in [0.2, 0.25) is 5.71 Å². The zero-order chi connectivity index (χ0) is 80.7. The van der Waals surface area contributed by atoms with Crippen molar-refractivity contribution in [3.63, 3.8) is 0 Å². The Balaban J connectivity index is 0.000000119. The van der Waals surface area contributed by atoms with E-state index in [0.29, 0.717) is 29.4 Å². The van der Waals surface area contributed by atoms with Crippen LogP contribution in [-0.4, -0.2) is 27.8 Å². The molecule has 0 saturated carbocycles. The van der Waals surface area contributed by atoms with Crippen molar-refractivity contribution >= 4 is 66.1 Å². The summed E-state index contributed by atoms with van der Waals surface area (Å²) in [5, 5.41) is 4.52. The first-order valence-electron chi connectivity index (χ1n) is 40.0. The van der Waals surface area contributed by atoms with Crippen LogP contribution in [0.4, 0.5) is 0 Å². The summed E-state index contributed by atoms with van der Waals surface area (Å²) >= 11 is 0. The van der Waals surface area contributed by atoms with Crippen LogP contribution in [0.2, 0.25) is 0 Å². The van der Waals surface area contributed by atoms with Gasteiger partial charge >= 0.3 is 0 Å². The highest BCUT2D eigenvalue weighted by molar-refractivity contribution is 6.10. The van der Waals surface area contributed by atoms with E-state index in [1.165, 1.54) is 134 Å². The molecule has 13 heteroatoms. The molecule has 8 aromatic heterocycles. The van der Waals surface area contributed by atoms with Crippen LogP contribution >= 0.6 is 0 Å². The number of aromatic nitrogens is 11. The Hall–Kier alpha value is -12.5. The quantitative estimate of drug-likeness (QED) is 0.121. The number of imidazole rings is 5. The molecule has 0 aliphatic rings. The van der Waals surface area contributed by atoms with Gasteiger partial charge in [-0.3, -0.25) is 0 Å². The Morgan fingerprint density at radius 1 is 0.333 bits per heavy atom. The smallest absolute Gasteiger partial charge is 0.295 e. The Morgan fingerprint density at radius 2 is 0.737 bits per heavy atom. The van der Waals surface area contributed by atoms with Crippen LogP contribution in [0, 0.1) is 34.6 Å². The van der Waals surface area contributed by atoms with Crippen molar-refractivity contribution < 1.29 is 31.7 Å². The van der Waals surface area contributed by atoms with Crippen LogP contribution in [0.1, 0.15) is 129 Å². The van der Waals surface area contributed by atoms with Crippen LogP contribution in [0.15, 0.2) is 271 Å². The maximum atomic E-state index is 6.17. The molecule has 0 spiro atoms. The van der Waals surface area contributed by atoms with Gasteiger partial charge in [0.15, 0.2) is 33.2 Å². The summed E-state index contributed by atoms with van der Waals surface area (Å²) in [4.78, 5) is 4.34. The predicted molar refractivity (Wildman–Crippen MR) is 468 cm³/mol. The first-order valence-corrected chi connectivity index (χ1v) is 40.0. The van der Waals surface area contributed by atoms with Crippen molar-refractivity contribution in [2.75, 3.05) is 0 Å². The number of rotatable bonds is 11. The minimum atomic E-state index is 0.444. The lowest BCUT2D eigenvalue weighted by Crippen LogP contribution is -2.30. The largest absolute Gasteiger partial charge is 0.455 e. The molecule has 0 N–H and O–H groups in total. The highest BCUT2D eigenvalue weighted by Gasteiger charge is 2.33. The normalized spacial score (nSPS) is 11.5. The summed E-state index contributed by atoms with van der Waals surface area (Å²) < 4.78 is 34.7. The maximum absolute atomic E-state index is 6.17. The highest BCUT2D eigenvalue weighted by Crippen LogP contribution is 2.41. The van der Waals surface area contributed by atoms with E-state index in [4.69, 9.17) is 8.83 Å². The van der Waals surface area contributed by atoms with Gasteiger partial charge in [0.25, 0.3) is 29.1 Å². The monoisotopic (exact) mass is 1510 g/mol. The average Bonchev–Trinajstić information content (AvgIpc) is 1.58. The van der Waals surface area contributed by atoms with Gasteiger partial charge in [-0.2, -0.15) is 9.13 Å². The lowest BCUT2D eigenvalue weighted by Gasteiger charge is -2.18. The average molecular weight is 1510 g/mol. The molecule has 18 rings (SSSR count). The summed E-state index contributed by atoms with van der Waals surface area (Å²) in [5.74, 6) is 7.83. The van der Waals surface area contributed by atoms with Crippen LogP contribution < -0.4 is 22.8 Å². The molecule has 0 unspecified atom stereocenters. The van der Waals surface area contributed by atoms with Gasteiger partial charge in [0, 0.05) is 50.0 Å². The van der Waals surface area contributed by atoms with Gasteiger partial charge in [-0.15, -0.1) is 0 Å².